The van der Waals surface area contributed by atoms with Gasteiger partial charge in [0.15, 0.2) is 0 Å². The summed E-state index contributed by atoms with van der Waals surface area (Å²) in [7, 11) is 0. The number of nitrogens with zero attached hydrogens (tertiary/aromatic N) is 2. The molecule has 15 heavy (non-hydrogen) atoms. The molecule has 2 rings (SSSR count). The van der Waals surface area contributed by atoms with Gasteiger partial charge in [-0.1, -0.05) is 13.0 Å². The van der Waals surface area contributed by atoms with Gasteiger partial charge in [0, 0.05) is 17.3 Å². The average Bonchev–Trinajstić information content (AvgIpc) is 2.81. The topological polar surface area (TPSA) is 37.8 Å². The van der Waals surface area contributed by atoms with Crippen molar-refractivity contribution in [2.24, 2.45) is 0 Å². The molecule has 3 nitrogen and oxygen atoms in total. The lowest BCUT2D eigenvalue weighted by Gasteiger charge is -2.15. The Morgan fingerprint density at radius 3 is 3.00 bits per heavy atom. The van der Waals surface area contributed by atoms with Crippen LogP contribution in [0, 0.1) is 0 Å². The van der Waals surface area contributed by atoms with E-state index in [1.165, 1.54) is 4.88 Å². The summed E-state index contributed by atoms with van der Waals surface area (Å²) in [6, 6.07) is 4.55. The van der Waals surface area contributed by atoms with Crippen molar-refractivity contribution in [1.82, 2.24) is 9.97 Å². The van der Waals surface area contributed by atoms with E-state index in [0.29, 0.717) is 6.04 Å². The van der Waals surface area contributed by atoms with Crippen molar-refractivity contribution in [2.75, 3.05) is 5.32 Å². The maximum atomic E-state index is 4.21. The predicted molar refractivity (Wildman–Crippen MR) is 63.0 cm³/mol. The van der Waals surface area contributed by atoms with E-state index in [9.17, 15) is 0 Å². The van der Waals surface area contributed by atoms with Crippen LogP contribution in [0.4, 0.5) is 5.82 Å². The lowest BCUT2D eigenvalue weighted by molar-refractivity contribution is 0.757. The van der Waals surface area contributed by atoms with Crippen LogP contribution in [0.15, 0.2) is 36.1 Å². The van der Waals surface area contributed by atoms with E-state index < -0.39 is 0 Å². The van der Waals surface area contributed by atoms with Crippen molar-refractivity contribution in [3.05, 3.63) is 41.0 Å². The molecule has 78 valence electrons. The van der Waals surface area contributed by atoms with Gasteiger partial charge in [-0.3, -0.25) is 4.98 Å². The summed E-state index contributed by atoms with van der Waals surface area (Å²) < 4.78 is 0. The Labute approximate surface area is 93.2 Å². The first kappa shape index (κ1) is 10.1. The molecule has 1 unspecified atom stereocenters. The summed E-state index contributed by atoms with van der Waals surface area (Å²) in [6.45, 7) is 2.16. The molecule has 0 bridgehead atoms. The normalized spacial score (nSPS) is 12.3. The van der Waals surface area contributed by atoms with Gasteiger partial charge in [-0.25, -0.2) is 4.98 Å². The highest BCUT2D eigenvalue weighted by Crippen LogP contribution is 2.24. The van der Waals surface area contributed by atoms with Crippen molar-refractivity contribution >= 4 is 17.2 Å². The summed E-state index contributed by atoms with van der Waals surface area (Å²) in [5, 5.41) is 5.46. The second kappa shape index (κ2) is 4.89. The largest absolute Gasteiger partial charge is 0.361 e. The van der Waals surface area contributed by atoms with Crippen molar-refractivity contribution in [2.45, 2.75) is 19.4 Å². The molecular weight excluding hydrogens is 206 g/mol. The Kier molecular flexibility index (Phi) is 3.29. The maximum absolute atomic E-state index is 4.21. The van der Waals surface area contributed by atoms with E-state index in [-0.39, 0.29) is 0 Å². The highest BCUT2D eigenvalue weighted by atomic mass is 32.1. The van der Waals surface area contributed by atoms with Gasteiger partial charge in [-0.15, -0.1) is 11.3 Å². The Morgan fingerprint density at radius 1 is 1.47 bits per heavy atom. The molecule has 2 aromatic heterocycles. The molecule has 0 radical (unpaired) electrons. The highest BCUT2D eigenvalue weighted by molar-refractivity contribution is 7.10. The van der Waals surface area contributed by atoms with Crippen molar-refractivity contribution in [3.63, 3.8) is 0 Å². The van der Waals surface area contributed by atoms with Gasteiger partial charge in [0.2, 0.25) is 0 Å². The number of hydrogen-bond acceptors (Lipinski definition) is 4. The summed E-state index contributed by atoms with van der Waals surface area (Å²) in [6.07, 6.45) is 6.16. The summed E-state index contributed by atoms with van der Waals surface area (Å²) in [5.41, 5.74) is 0. The van der Waals surface area contributed by atoms with Crippen LogP contribution in [0.3, 0.4) is 0 Å². The van der Waals surface area contributed by atoms with E-state index in [1.807, 2.05) is 0 Å². The minimum atomic E-state index is 0.335. The van der Waals surface area contributed by atoms with Crippen LogP contribution in [0.5, 0.6) is 0 Å². The molecule has 0 saturated heterocycles. The van der Waals surface area contributed by atoms with Gasteiger partial charge < -0.3 is 5.32 Å². The van der Waals surface area contributed by atoms with E-state index >= 15 is 0 Å². The van der Waals surface area contributed by atoms with Crippen molar-refractivity contribution < 1.29 is 0 Å². The summed E-state index contributed by atoms with van der Waals surface area (Å²) in [5.74, 6) is 0.831. The lowest BCUT2D eigenvalue weighted by atomic mass is 10.2. The predicted octanol–water partition coefficient (Wildman–Crippen LogP) is 3.10. The van der Waals surface area contributed by atoms with E-state index in [0.717, 1.165) is 12.2 Å². The molecule has 0 amide bonds. The van der Waals surface area contributed by atoms with Crippen LogP contribution in [-0.4, -0.2) is 9.97 Å². The van der Waals surface area contributed by atoms with Gasteiger partial charge in [0.05, 0.1) is 12.2 Å². The molecule has 2 aromatic rings. The van der Waals surface area contributed by atoms with E-state index in [2.05, 4.69) is 39.7 Å². The first-order valence-electron chi connectivity index (χ1n) is 4.96. The molecule has 0 aliphatic rings. The van der Waals surface area contributed by atoms with Gasteiger partial charge in [0.25, 0.3) is 0 Å². The number of anilines is 1. The smallest absolute Gasteiger partial charge is 0.144 e. The number of rotatable bonds is 4. The zero-order valence-electron chi connectivity index (χ0n) is 8.55. The lowest BCUT2D eigenvalue weighted by Crippen LogP contribution is -2.09. The summed E-state index contributed by atoms with van der Waals surface area (Å²) in [4.78, 5) is 9.58. The Hall–Kier alpha value is -1.42. The van der Waals surface area contributed by atoms with Crippen molar-refractivity contribution in [3.8, 4) is 0 Å². The first-order valence-corrected chi connectivity index (χ1v) is 5.84. The SMILES string of the molecule is CCC(Nc1cnccn1)c1cccs1. The highest BCUT2D eigenvalue weighted by Gasteiger charge is 2.09. The standard InChI is InChI=1S/C11H13N3S/c1-2-9(10-4-3-7-15-10)14-11-8-12-5-6-13-11/h3-9H,2H2,1H3,(H,13,14). The average molecular weight is 219 g/mol. The van der Waals surface area contributed by atoms with Gasteiger partial charge in [-0.05, 0) is 17.9 Å². The second-order valence-electron chi connectivity index (χ2n) is 3.21. The monoisotopic (exact) mass is 219 g/mol. The molecule has 0 spiro atoms. The van der Waals surface area contributed by atoms with Crippen molar-refractivity contribution in [1.29, 1.82) is 0 Å². The third-order valence-corrected chi connectivity index (χ3v) is 3.17. The van der Waals surface area contributed by atoms with Crippen LogP contribution in [-0.2, 0) is 0 Å². The number of aromatic nitrogens is 2. The van der Waals surface area contributed by atoms with E-state index in [1.54, 1.807) is 29.9 Å². The van der Waals surface area contributed by atoms with Crippen LogP contribution in [0.1, 0.15) is 24.3 Å². The maximum Gasteiger partial charge on any atom is 0.144 e. The molecule has 0 aromatic carbocycles. The molecular formula is C11H13N3S. The fourth-order valence-corrected chi connectivity index (χ4v) is 2.28. The first-order chi connectivity index (χ1) is 7.40. The Balaban J connectivity index is 2.10. The molecule has 4 heteroatoms. The number of nitrogens with one attached hydrogen (secondary N) is 1. The molecule has 0 aliphatic heterocycles. The van der Waals surface area contributed by atoms with Gasteiger partial charge >= 0.3 is 0 Å². The minimum Gasteiger partial charge on any atom is -0.361 e. The zero-order chi connectivity index (χ0) is 10.5. The number of thiophene rings is 1. The fraction of sp³-hybridized carbons (Fsp3) is 0.273. The summed E-state index contributed by atoms with van der Waals surface area (Å²) >= 11 is 1.76. The molecule has 1 atom stereocenters. The molecule has 0 saturated carbocycles. The zero-order valence-corrected chi connectivity index (χ0v) is 9.37. The van der Waals surface area contributed by atoms with Crippen LogP contribution >= 0.6 is 11.3 Å². The fourth-order valence-electron chi connectivity index (χ4n) is 1.42. The van der Waals surface area contributed by atoms with Gasteiger partial charge in [0.1, 0.15) is 5.82 Å². The van der Waals surface area contributed by atoms with Crippen LogP contribution < -0.4 is 5.32 Å². The molecule has 0 aliphatic carbocycles. The molecule has 0 fully saturated rings. The minimum absolute atomic E-state index is 0.335. The Bertz CT molecular complexity index is 385. The third-order valence-electron chi connectivity index (χ3n) is 2.18. The van der Waals surface area contributed by atoms with E-state index in [4.69, 9.17) is 0 Å². The Morgan fingerprint density at radius 2 is 2.40 bits per heavy atom. The molecule has 1 N–H and O–H groups in total. The van der Waals surface area contributed by atoms with Crippen LogP contribution in [0.2, 0.25) is 0 Å². The third kappa shape index (κ3) is 2.53. The second-order valence-corrected chi connectivity index (χ2v) is 4.19. The number of hydrogen-bond donors (Lipinski definition) is 1. The molecule has 2 heterocycles. The van der Waals surface area contributed by atoms with Gasteiger partial charge in [-0.2, -0.15) is 0 Å². The quantitative estimate of drug-likeness (QED) is 0.858. The van der Waals surface area contributed by atoms with Crippen LogP contribution in [0.25, 0.3) is 0 Å².